The van der Waals surface area contributed by atoms with Crippen molar-refractivity contribution in [3.05, 3.63) is 34.3 Å². The summed E-state index contributed by atoms with van der Waals surface area (Å²) in [5, 5.41) is 3.64. The van der Waals surface area contributed by atoms with E-state index in [-0.39, 0.29) is 0 Å². The summed E-state index contributed by atoms with van der Waals surface area (Å²) in [5.74, 6) is 0.904. The Morgan fingerprint density at radius 2 is 2.13 bits per heavy atom. The normalized spacial score (nSPS) is 25.7. The van der Waals surface area contributed by atoms with Gasteiger partial charge in [-0.2, -0.15) is 0 Å². The minimum absolute atomic E-state index is 0.729. The highest BCUT2D eigenvalue weighted by molar-refractivity contribution is 9.10. The highest BCUT2D eigenvalue weighted by atomic mass is 79.9. The number of halogens is 1. The third-order valence-corrected chi connectivity index (χ3v) is 4.01. The second-order valence-corrected chi connectivity index (χ2v) is 5.44. The number of hydrogen-bond donors (Lipinski definition) is 1. The number of nitrogens with one attached hydrogen (secondary N) is 1. The summed E-state index contributed by atoms with van der Waals surface area (Å²) in [4.78, 5) is 0. The fourth-order valence-electron chi connectivity index (χ4n) is 2.29. The summed E-state index contributed by atoms with van der Waals surface area (Å²) in [6, 6.07) is 9.17. The molecule has 1 fully saturated rings. The summed E-state index contributed by atoms with van der Waals surface area (Å²) in [5.41, 5.74) is 1.36. The lowest BCUT2D eigenvalue weighted by molar-refractivity contribution is 0.502. The van der Waals surface area contributed by atoms with E-state index in [4.69, 9.17) is 0 Å². The molecule has 0 radical (unpaired) electrons. The molecule has 1 N–H and O–H groups in total. The maximum absolute atomic E-state index is 3.64. The highest BCUT2D eigenvalue weighted by Gasteiger charge is 2.20. The summed E-state index contributed by atoms with van der Waals surface area (Å²) in [6.07, 6.45) is 4.06. The number of rotatable bonds is 3. The predicted octanol–water partition coefficient (Wildman–Crippen LogP) is 3.73. The molecule has 1 aliphatic carbocycles. The Morgan fingerprint density at radius 1 is 1.33 bits per heavy atom. The van der Waals surface area contributed by atoms with Gasteiger partial charge in [-0.3, -0.25) is 0 Å². The van der Waals surface area contributed by atoms with Crippen molar-refractivity contribution in [3.63, 3.8) is 0 Å². The van der Waals surface area contributed by atoms with Crippen molar-refractivity contribution >= 4 is 15.9 Å². The van der Waals surface area contributed by atoms with Crippen molar-refractivity contribution in [1.29, 1.82) is 0 Å². The average Bonchev–Trinajstić information content (AvgIpc) is 2.63. The lowest BCUT2D eigenvalue weighted by Gasteiger charge is -2.13. The Bertz CT molecular complexity index is 324. The van der Waals surface area contributed by atoms with E-state index in [1.807, 2.05) is 0 Å². The highest BCUT2D eigenvalue weighted by Crippen LogP contribution is 2.25. The molecule has 15 heavy (non-hydrogen) atoms. The Hall–Kier alpha value is -0.340. The topological polar surface area (TPSA) is 12.0 Å². The molecule has 0 bridgehead atoms. The molecule has 82 valence electrons. The van der Waals surface area contributed by atoms with Gasteiger partial charge in [0.2, 0.25) is 0 Å². The van der Waals surface area contributed by atoms with Gasteiger partial charge in [0, 0.05) is 17.1 Å². The van der Waals surface area contributed by atoms with Crippen LogP contribution in [0.15, 0.2) is 28.7 Å². The molecule has 1 aliphatic rings. The lowest BCUT2D eigenvalue weighted by atomic mass is 10.1. The predicted molar refractivity (Wildman–Crippen MR) is 67.8 cm³/mol. The first-order valence-electron chi connectivity index (χ1n) is 5.72. The summed E-state index contributed by atoms with van der Waals surface area (Å²) >= 11 is 3.58. The first kappa shape index (κ1) is 11.2. The van der Waals surface area contributed by atoms with Crippen molar-refractivity contribution in [2.24, 2.45) is 5.92 Å². The molecule has 0 amide bonds. The minimum atomic E-state index is 0.729. The Kier molecular flexibility index (Phi) is 3.81. The van der Waals surface area contributed by atoms with Crippen LogP contribution in [0.1, 0.15) is 31.7 Å². The largest absolute Gasteiger partial charge is 0.310 e. The molecule has 0 aromatic heterocycles. The van der Waals surface area contributed by atoms with Crippen LogP contribution in [0.25, 0.3) is 0 Å². The smallest absolute Gasteiger partial charge is 0.0220 e. The monoisotopic (exact) mass is 267 g/mol. The second kappa shape index (κ2) is 5.13. The molecule has 1 nitrogen and oxygen atoms in total. The molecule has 2 rings (SSSR count). The van der Waals surface area contributed by atoms with Gasteiger partial charge in [0.05, 0.1) is 0 Å². The van der Waals surface area contributed by atoms with Gasteiger partial charge >= 0.3 is 0 Å². The average molecular weight is 268 g/mol. The van der Waals surface area contributed by atoms with E-state index in [0.717, 1.165) is 18.5 Å². The molecule has 0 heterocycles. The van der Waals surface area contributed by atoms with Gasteiger partial charge in [-0.05, 0) is 36.8 Å². The van der Waals surface area contributed by atoms with Crippen molar-refractivity contribution < 1.29 is 0 Å². The second-order valence-electron chi connectivity index (χ2n) is 4.59. The van der Waals surface area contributed by atoms with E-state index in [2.05, 4.69) is 52.4 Å². The van der Waals surface area contributed by atoms with Crippen LogP contribution in [0.3, 0.4) is 0 Å². The van der Waals surface area contributed by atoms with Crippen LogP contribution < -0.4 is 5.32 Å². The van der Waals surface area contributed by atoms with Crippen molar-refractivity contribution in [1.82, 2.24) is 5.32 Å². The first-order chi connectivity index (χ1) is 7.25. The molecule has 1 aromatic carbocycles. The van der Waals surface area contributed by atoms with Crippen molar-refractivity contribution in [2.45, 2.75) is 38.8 Å². The molecular formula is C13H18BrN. The van der Waals surface area contributed by atoms with Crippen LogP contribution in [0.5, 0.6) is 0 Å². The van der Waals surface area contributed by atoms with E-state index in [9.17, 15) is 0 Å². The van der Waals surface area contributed by atoms with Crippen LogP contribution in [0.4, 0.5) is 0 Å². The van der Waals surface area contributed by atoms with Crippen LogP contribution in [-0.2, 0) is 6.54 Å². The molecule has 1 aromatic rings. The Morgan fingerprint density at radius 3 is 2.80 bits per heavy atom. The van der Waals surface area contributed by atoms with Crippen LogP contribution >= 0.6 is 15.9 Å². The van der Waals surface area contributed by atoms with Crippen LogP contribution in [0, 0.1) is 5.92 Å². The minimum Gasteiger partial charge on any atom is -0.310 e. The van der Waals surface area contributed by atoms with Gasteiger partial charge in [0.25, 0.3) is 0 Å². The molecule has 2 heteroatoms. The van der Waals surface area contributed by atoms with Gasteiger partial charge in [-0.15, -0.1) is 0 Å². The van der Waals surface area contributed by atoms with Gasteiger partial charge in [-0.1, -0.05) is 41.1 Å². The quantitative estimate of drug-likeness (QED) is 0.880. The molecule has 0 aliphatic heterocycles. The lowest BCUT2D eigenvalue weighted by Crippen LogP contribution is -2.25. The van der Waals surface area contributed by atoms with Crippen molar-refractivity contribution in [2.75, 3.05) is 0 Å². The third kappa shape index (κ3) is 3.05. The SMILES string of the molecule is C[C@H]1CC[C@H](NCc2ccccc2Br)C1. The van der Waals surface area contributed by atoms with E-state index < -0.39 is 0 Å². The van der Waals surface area contributed by atoms with E-state index in [1.54, 1.807) is 0 Å². The zero-order valence-electron chi connectivity index (χ0n) is 9.17. The summed E-state index contributed by atoms with van der Waals surface area (Å²) in [7, 11) is 0. The van der Waals surface area contributed by atoms with Crippen LogP contribution in [0.2, 0.25) is 0 Å². The zero-order chi connectivity index (χ0) is 10.7. The standard InChI is InChI=1S/C13H18BrN/c1-10-6-7-12(8-10)15-9-11-4-2-3-5-13(11)14/h2-5,10,12,15H,6-9H2,1H3/t10-,12-/m0/s1. The molecule has 0 saturated heterocycles. The Labute approximate surface area is 100 Å². The molecule has 0 spiro atoms. The summed E-state index contributed by atoms with van der Waals surface area (Å²) in [6.45, 7) is 3.33. The van der Waals surface area contributed by atoms with Gasteiger partial charge in [0.15, 0.2) is 0 Å². The van der Waals surface area contributed by atoms with E-state index in [1.165, 1.54) is 29.3 Å². The van der Waals surface area contributed by atoms with E-state index >= 15 is 0 Å². The number of hydrogen-bond acceptors (Lipinski definition) is 1. The first-order valence-corrected chi connectivity index (χ1v) is 6.52. The number of benzene rings is 1. The third-order valence-electron chi connectivity index (χ3n) is 3.23. The maximum atomic E-state index is 3.64. The van der Waals surface area contributed by atoms with Crippen LogP contribution in [-0.4, -0.2) is 6.04 Å². The van der Waals surface area contributed by atoms with E-state index in [0.29, 0.717) is 0 Å². The molecule has 0 unspecified atom stereocenters. The van der Waals surface area contributed by atoms with Gasteiger partial charge in [0.1, 0.15) is 0 Å². The maximum Gasteiger partial charge on any atom is 0.0220 e. The molecule has 2 atom stereocenters. The zero-order valence-corrected chi connectivity index (χ0v) is 10.8. The molecular weight excluding hydrogens is 250 g/mol. The van der Waals surface area contributed by atoms with Crippen molar-refractivity contribution in [3.8, 4) is 0 Å². The fourth-order valence-corrected chi connectivity index (χ4v) is 2.71. The fraction of sp³-hybridized carbons (Fsp3) is 0.538. The summed E-state index contributed by atoms with van der Waals surface area (Å²) < 4.78 is 1.21. The van der Waals surface area contributed by atoms with Gasteiger partial charge < -0.3 is 5.32 Å². The van der Waals surface area contributed by atoms with Gasteiger partial charge in [-0.25, -0.2) is 0 Å². The Balaban J connectivity index is 1.86. The molecule has 1 saturated carbocycles.